The summed E-state index contributed by atoms with van der Waals surface area (Å²) in [5.41, 5.74) is 10.5. The summed E-state index contributed by atoms with van der Waals surface area (Å²) in [5, 5.41) is 4.22. The standard InChI is InChI=1S/C14H15N3O/c15-11-6-4-9(5-7-11)14(18)17-16-13-8-10-2-1-3-12(10)13/h1-2,4-7,10,12H,3,8,15H2,(H,17,18)/b16-13-/t10-,12-/m1/s1. The van der Waals surface area contributed by atoms with Crippen LogP contribution in [0.1, 0.15) is 23.2 Å². The summed E-state index contributed by atoms with van der Waals surface area (Å²) in [6, 6.07) is 6.82. The van der Waals surface area contributed by atoms with E-state index in [-0.39, 0.29) is 5.91 Å². The van der Waals surface area contributed by atoms with Crippen molar-refractivity contribution in [2.45, 2.75) is 12.8 Å². The van der Waals surface area contributed by atoms with Gasteiger partial charge < -0.3 is 5.73 Å². The number of benzene rings is 1. The fourth-order valence-corrected chi connectivity index (χ4v) is 2.48. The average Bonchev–Trinajstić information content (AvgIpc) is 2.72. The number of hydrazone groups is 1. The molecule has 2 aliphatic rings. The first kappa shape index (κ1) is 11.0. The van der Waals surface area contributed by atoms with Crippen LogP contribution in [0.25, 0.3) is 0 Å². The predicted molar refractivity (Wildman–Crippen MR) is 71.1 cm³/mol. The van der Waals surface area contributed by atoms with Crippen LogP contribution in [0.2, 0.25) is 0 Å². The SMILES string of the molecule is Nc1ccc(C(=O)N/N=C2/C[C@H]3C=CC[C@@H]23)cc1. The van der Waals surface area contributed by atoms with Gasteiger partial charge in [0.05, 0.1) is 0 Å². The number of nitrogens with two attached hydrogens (primary N) is 1. The van der Waals surface area contributed by atoms with Gasteiger partial charge in [0.15, 0.2) is 0 Å². The third-order valence-corrected chi connectivity index (χ3v) is 3.64. The van der Waals surface area contributed by atoms with Gasteiger partial charge in [-0.05, 0) is 43.0 Å². The van der Waals surface area contributed by atoms with Crippen LogP contribution in [-0.4, -0.2) is 11.6 Å². The van der Waals surface area contributed by atoms with Crippen molar-refractivity contribution in [3.05, 3.63) is 42.0 Å². The molecule has 2 atom stereocenters. The third kappa shape index (κ3) is 1.90. The molecule has 0 radical (unpaired) electrons. The largest absolute Gasteiger partial charge is 0.399 e. The second kappa shape index (κ2) is 4.29. The molecule has 92 valence electrons. The molecule has 4 heteroatoms. The highest BCUT2D eigenvalue weighted by molar-refractivity contribution is 5.98. The van der Waals surface area contributed by atoms with Crippen LogP contribution in [0.15, 0.2) is 41.5 Å². The van der Waals surface area contributed by atoms with Gasteiger partial charge in [0.2, 0.25) is 0 Å². The van der Waals surface area contributed by atoms with Crippen LogP contribution >= 0.6 is 0 Å². The van der Waals surface area contributed by atoms with E-state index in [1.807, 2.05) is 0 Å². The minimum Gasteiger partial charge on any atom is -0.399 e. The Labute approximate surface area is 106 Å². The molecule has 0 saturated heterocycles. The van der Waals surface area contributed by atoms with Crippen molar-refractivity contribution in [1.29, 1.82) is 0 Å². The molecule has 1 fully saturated rings. The summed E-state index contributed by atoms with van der Waals surface area (Å²) >= 11 is 0. The quantitative estimate of drug-likeness (QED) is 0.472. The fraction of sp³-hybridized carbons (Fsp3) is 0.286. The van der Waals surface area contributed by atoms with Crippen LogP contribution in [0.5, 0.6) is 0 Å². The van der Waals surface area contributed by atoms with Crippen molar-refractivity contribution in [2.24, 2.45) is 16.9 Å². The van der Waals surface area contributed by atoms with Crippen LogP contribution in [0, 0.1) is 11.8 Å². The maximum Gasteiger partial charge on any atom is 0.271 e. The van der Waals surface area contributed by atoms with E-state index < -0.39 is 0 Å². The van der Waals surface area contributed by atoms with Crippen molar-refractivity contribution in [3.8, 4) is 0 Å². The van der Waals surface area contributed by atoms with E-state index in [1.165, 1.54) is 0 Å². The summed E-state index contributed by atoms with van der Waals surface area (Å²) in [6.07, 6.45) is 6.47. The van der Waals surface area contributed by atoms with Crippen LogP contribution in [-0.2, 0) is 0 Å². The van der Waals surface area contributed by atoms with Crippen molar-refractivity contribution in [2.75, 3.05) is 5.73 Å². The Morgan fingerprint density at radius 3 is 2.83 bits per heavy atom. The number of nitrogen functional groups attached to an aromatic ring is 1. The second-order valence-corrected chi connectivity index (χ2v) is 4.80. The predicted octanol–water partition coefficient (Wildman–Crippen LogP) is 1.95. The highest BCUT2D eigenvalue weighted by Crippen LogP contribution is 2.40. The maximum atomic E-state index is 11.8. The monoisotopic (exact) mass is 241 g/mol. The number of hydrogen-bond donors (Lipinski definition) is 2. The molecule has 1 aromatic carbocycles. The Morgan fingerprint density at radius 1 is 1.33 bits per heavy atom. The number of carbonyl (C=O) groups excluding carboxylic acids is 1. The summed E-state index contributed by atoms with van der Waals surface area (Å²) in [5.74, 6) is 0.991. The first-order valence-corrected chi connectivity index (χ1v) is 6.13. The summed E-state index contributed by atoms with van der Waals surface area (Å²) < 4.78 is 0. The molecule has 0 aromatic heterocycles. The van der Waals surface area contributed by atoms with Gasteiger partial charge in [-0.15, -0.1) is 0 Å². The molecule has 1 amide bonds. The van der Waals surface area contributed by atoms with Crippen molar-refractivity contribution >= 4 is 17.3 Å². The van der Waals surface area contributed by atoms with E-state index in [2.05, 4.69) is 22.7 Å². The van der Waals surface area contributed by atoms with Gasteiger partial charge in [0.25, 0.3) is 5.91 Å². The fourth-order valence-electron chi connectivity index (χ4n) is 2.48. The zero-order valence-corrected chi connectivity index (χ0v) is 9.97. The molecule has 18 heavy (non-hydrogen) atoms. The summed E-state index contributed by atoms with van der Waals surface area (Å²) in [6.45, 7) is 0. The molecular weight excluding hydrogens is 226 g/mol. The Morgan fingerprint density at radius 2 is 2.11 bits per heavy atom. The Bertz CT molecular complexity index is 530. The Hall–Kier alpha value is -2.10. The first-order chi connectivity index (χ1) is 8.74. The molecule has 0 spiro atoms. The summed E-state index contributed by atoms with van der Waals surface area (Å²) in [7, 11) is 0. The average molecular weight is 241 g/mol. The van der Waals surface area contributed by atoms with Crippen molar-refractivity contribution in [1.82, 2.24) is 5.43 Å². The second-order valence-electron chi connectivity index (χ2n) is 4.80. The zero-order chi connectivity index (χ0) is 12.5. The number of hydrogen-bond acceptors (Lipinski definition) is 3. The molecule has 4 nitrogen and oxygen atoms in total. The molecular formula is C14H15N3O. The van der Waals surface area contributed by atoms with Gasteiger partial charge in [-0.3, -0.25) is 4.79 Å². The molecule has 1 aromatic rings. The van der Waals surface area contributed by atoms with E-state index in [4.69, 9.17) is 5.73 Å². The molecule has 3 rings (SSSR count). The minimum absolute atomic E-state index is 0.183. The summed E-state index contributed by atoms with van der Waals surface area (Å²) in [4.78, 5) is 11.8. The molecule has 0 heterocycles. The lowest BCUT2D eigenvalue weighted by atomic mass is 9.74. The highest BCUT2D eigenvalue weighted by Gasteiger charge is 2.37. The number of nitrogens with one attached hydrogen (secondary N) is 1. The van der Waals surface area contributed by atoms with Gasteiger partial charge in [0, 0.05) is 22.9 Å². The molecule has 0 bridgehead atoms. The number of carbonyl (C=O) groups is 1. The van der Waals surface area contributed by atoms with Crippen molar-refractivity contribution in [3.63, 3.8) is 0 Å². The zero-order valence-electron chi connectivity index (χ0n) is 9.97. The van der Waals surface area contributed by atoms with Gasteiger partial charge in [-0.2, -0.15) is 5.10 Å². The molecule has 0 unspecified atom stereocenters. The van der Waals surface area contributed by atoms with Gasteiger partial charge in [-0.1, -0.05) is 12.2 Å². The number of anilines is 1. The number of amides is 1. The smallest absolute Gasteiger partial charge is 0.271 e. The molecule has 2 aliphatic carbocycles. The van der Waals surface area contributed by atoms with Gasteiger partial charge in [-0.25, -0.2) is 5.43 Å². The molecule has 1 saturated carbocycles. The van der Waals surface area contributed by atoms with E-state index in [0.717, 1.165) is 18.6 Å². The van der Waals surface area contributed by atoms with E-state index in [1.54, 1.807) is 24.3 Å². The normalized spacial score (nSPS) is 26.8. The van der Waals surface area contributed by atoms with Gasteiger partial charge >= 0.3 is 0 Å². The van der Waals surface area contributed by atoms with E-state index in [9.17, 15) is 4.79 Å². The third-order valence-electron chi connectivity index (χ3n) is 3.64. The first-order valence-electron chi connectivity index (χ1n) is 6.13. The highest BCUT2D eigenvalue weighted by atomic mass is 16.2. The van der Waals surface area contributed by atoms with Crippen molar-refractivity contribution < 1.29 is 4.79 Å². The van der Waals surface area contributed by atoms with E-state index >= 15 is 0 Å². The molecule has 3 N–H and O–H groups in total. The lowest BCUT2D eigenvalue weighted by Gasteiger charge is -2.31. The van der Waals surface area contributed by atoms with Crippen LogP contribution in [0.4, 0.5) is 5.69 Å². The number of allylic oxidation sites excluding steroid dienone is 2. The van der Waals surface area contributed by atoms with Gasteiger partial charge in [0.1, 0.15) is 0 Å². The van der Waals surface area contributed by atoms with Crippen LogP contribution < -0.4 is 11.2 Å². The number of rotatable bonds is 2. The minimum atomic E-state index is -0.183. The number of fused-ring (bicyclic) bond motifs is 1. The Kier molecular flexibility index (Phi) is 2.63. The van der Waals surface area contributed by atoms with E-state index in [0.29, 0.717) is 23.1 Å². The molecule has 0 aliphatic heterocycles. The lowest BCUT2D eigenvalue weighted by molar-refractivity contribution is 0.0954. The Balaban J connectivity index is 1.62. The maximum absolute atomic E-state index is 11.8. The lowest BCUT2D eigenvalue weighted by Crippen LogP contribution is -2.35. The number of nitrogens with zero attached hydrogens (tertiary/aromatic N) is 1. The topological polar surface area (TPSA) is 67.5 Å². The van der Waals surface area contributed by atoms with Crippen LogP contribution in [0.3, 0.4) is 0 Å².